The van der Waals surface area contributed by atoms with Crippen LogP contribution in [0.3, 0.4) is 0 Å². The summed E-state index contributed by atoms with van der Waals surface area (Å²) in [4.78, 5) is 11.0. The van der Waals surface area contributed by atoms with Gasteiger partial charge in [0.1, 0.15) is 0 Å². The summed E-state index contributed by atoms with van der Waals surface area (Å²) < 4.78 is 4.88. The molecule has 2 atom stereocenters. The first-order chi connectivity index (χ1) is 4.75. The Labute approximate surface area is 61.6 Å². The maximum Gasteiger partial charge on any atom is 0.309 e. The predicted octanol–water partition coefficient (Wildman–Crippen LogP) is 1.60. The molecule has 0 aromatic heterocycles. The molecule has 0 heterocycles. The summed E-state index contributed by atoms with van der Waals surface area (Å²) in [5.74, 6) is 0.764. The van der Waals surface area contributed by atoms with E-state index >= 15 is 0 Å². The van der Waals surface area contributed by atoms with Gasteiger partial charge in [0.05, 0.1) is 12.5 Å². The maximum absolute atomic E-state index is 11.0. The highest BCUT2D eigenvalue weighted by Crippen LogP contribution is 2.34. The Morgan fingerprint density at radius 2 is 2.30 bits per heavy atom. The van der Waals surface area contributed by atoms with Crippen LogP contribution >= 0.6 is 0 Å². The molecule has 2 heteroatoms. The molecule has 0 saturated heterocycles. The first-order valence-electron chi connectivity index (χ1n) is 3.92. The van der Waals surface area contributed by atoms with Crippen LogP contribution in [0.2, 0.25) is 0 Å². The maximum atomic E-state index is 11.0. The third kappa shape index (κ3) is 1.31. The Balaban J connectivity index is 2.27. The lowest BCUT2D eigenvalue weighted by Crippen LogP contribution is -2.32. The van der Waals surface area contributed by atoms with E-state index < -0.39 is 0 Å². The zero-order chi connectivity index (χ0) is 7.56. The summed E-state index contributed by atoms with van der Waals surface area (Å²) in [7, 11) is 0. The average Bonchev–Trinajstić information content (AvgIpc) is 1.85. The SMILES string of the molecule is CCOC(=O)C1CCC1C. The molecule has 2 unspecified atom stereocenters. The molecule has 58 valence electrons. The lowest BCUT2D eigenvalue weighted by molar-refractivity contribution is -0.153. The van der Waals surface area contributed by atoms with Crippen LogP contribution in [0, 0.1) is 11.8 Å². The van der Waals surface area contributed by atoms with E-state index in [1.165, 1.54) is 6.42 Å². The number of hydrogen-bond donors (Lipinski definition) is 0. The van der Waals surface area contributed by atoms with Crippen LogP contribution in [-0.4, -0.2) is 12.6 Å². The number of esters is 1. The second-order valence-electron chi connectivity index (χ2n) is 2.91. The van der Waals surface area contributed by atoms with E-state index in [9.17, 15) is 4.79 Å². The van der Waals surface area contributed by atoms with Gasteiger partial charge in [0.15, 0.2) is 0 Å². The molecule has 0 bridgehead atoms. The summed E-state index contributed by atoms with van der Waals surface area (Å²) in [6, 6.07) is 0. The van der Waals surface area contributed by atoms with Gasteiger partial charge in [0.2, 0.25) is 0 Å². The summed E-state index contributed by atoms with van der Waals surface area (Å²) in [6.07, 6.45) is 2.21. The monoisotopic (exact) mass is 142 g/mol. The van der Waals surface area contributed by atoms with E-state index in [0.29, 0.717) is 12.5 Å². The van der Waals surface area contributed by atoms with Crippen LogP contribution in [0.25, 0.3) is 0 Å². The highest BCUT2D eigenvalue weighted by Gasteiger charge is 2.33. The molecular weight excluding hydrogens is 128 g/mol. The van der Waals surface area contributed by atoms with Gasteiger partial charge in [0, 0.05) is 0 Å². The van der Waals surface area contributed by atoms with Crippen LogP contribution in [0.15, 0.2) is 0 Å². The molecule has 1 aliphatic carbocycles. The molecule has 2 nitrogen and oxygen atoms in total. The second-order valence-corrected chi connectivity index (χ2v) is 2.91. The summed E-state index contributed by atoms with van der Waals surface area (Å²) in [6.45, 7) is 4.47. The molecule has 0 spiro atoms. The van der Waals surface area contributed by atoms with Crippen molar-refractivity contribution in [1.82, 2.24) is 0 Å². The van der Waals surface area contributed by atoms with Gasteiger partial charge in [-0.3, -0.25) is 4.79 Å². The smallest absolute Gasteiger partial charge is 0.309 e. The van der Waals surface area contributed by atoms with Crippen molar-refractivity contribution >= 4 is 5.97 Å². The number of carbonyl (C=O) groups excluding carboxylic acids is 1. The van der Waals surface area contributed by atoms with Gasteiger partial charge in [-0.05, 0) is 25.7 Å². The third-order valence-corrected chi connectivity index (χ3v) is 2.21. The van der Waals surface area contributed by atoms with E-state index in [4.69, 9.17) is 4.74 Å². The average molecular weight is 142 g/mol. The minimum atomic E-state index is 0.00116. The zero-order valence-corrected chi connectivity index (χ0v) is 6.59. The zero-order valence-electron chi connectivity index (χ0n) is 6.59. The van der Waals surface area contributed by atoms with E-state index in [2.05, 4.69) is 6.92 Å². The van der Waals surface area contributed by atoms with Crippen molar-refractivity contribution in [2.75, 3.05) is 6.61 Å². The molecule has 1 saturated carbocycles. The number of rotatable bonds is 2. The first kappa shape index (κ1) is 7.58. The predicted molar refractivity (Wildman–Crippen MR) is 38.5 cm³/mol. The van der Waals surface area contributed by atoms with Crippen molar-refractivity contribution in [3.8, 4) is 0 Å². The van der Waals surface area contributed by atoms with Crippen LogP contribution in [0.4, 0.5) is 0 Å². The van der Waals surface area contributed by atoms with Gasteiger partial charge in [-0.1, -0.05) is 6.92 Å². The van der Waals surface area contributed by atoms with Gasteiger partial charge >= 0.3 is 5.97 Å². The fourth-order valence-corrected chi connectivity index (χ4v) is 1.27. The minimum absolute atomic E-state index is 0.00116. The van der Waals surface area contributed by atoms with Gasteiger partial charge in [0.25, 0.3) is 0 Å². The molecule has 10 heavy (non-hydrogen) atoms. The summed E-state index contributed by atoms with van der Waals surface area (Å²) >= 11 is 0. The normalized spacial score (nSPS) is 31.0. The Morgan fingerprint density at radius 1 is 1.60 bits per heavy atom. The van der Waals surface area contributed by atoms with Gasteiger partial charge in [-0.2, -0.15) is 0 Å². The van der Waals surface area contributed by atoms with Gasteiger partial charge in [-0.15, -0.1) is 0 Å². The van der Waals surface area contributed by atoms with E-state index in [1.54, 1.807) is 0 Å². The van der Waals surface area contributed by atoms with E-state index in [-0.39, 0.29) is 11.9 Å². The third-order valence-electron chi connectivity index (χ3n) is 2.21. The van der Waals surface area contributed by atoms with E-state index in [1.807, 2.05) is 6.92 Å². The Hall–Kier alpha value is -0.530. The lowest BCUT2D eigenvalue weighted by Gasteiger charge is -2.31. The van der Waals surface area contributed by atoms with Crippen molar-refractivity contribution in [2.45, 2.75) is 26.7 Å². The summed E-state index contributed by atoms with van der Waals surface area (Å²) in [5, 5.41) is 0. The first-order valence-corrected chi connectivity index (χ1v) is 3.92. The molecule has 0 aromatic rings. The van der Waals surface area contributed by atoms with Gasteiger partial charge < -0.3 is 4.74 Å². The van der Waals surface area contributed by atoms with Crippen molar-refractivity contribution in [3.63, 3.8) is 0 Å². The molecular formula is C8H14O2. The van der Waals surface area contributed by atoms with E-state index in [0.717, 1.165) is 6.42 Å². The Bertz CT molecular complexity index is 131. The molecule has 1 fully saturated rings. The van der Waals surface area contributed by atoms with Crippen LogP contribution in [0.5, 0.6) is 0 Å². The van der Waals surface area contributed by atoms with Crippen LogP contribution in [-0.2, 0) is 9.53 Å². The number of ether oxygens (including phenoxy) is 1. The fraction of sp³-hybridized carbons (Fsp3) is 0.875. The van der Waals surface area contributed by atoms with Crippen LogP contribution in [0.1, 0.15) is 26.7 Å². The van der Waals surface area contributed by atoms with Crippen molar-refractivity contribution in [2.24, 2.45) is 11.8 Å². The molecule has 0 N–H and O–H groups in total. The molecule has 0 radical (unpaired) electrons. The Morgan fingerprint density at radius 3 is 2.60 bits per heavy atom. The topological polar surface area (TPSA) is 26.3 Å². The quantitative estimate of drug-likeness (QED) is 0.547. The largest absolute Gasteiger partial charge is 0.466 e. The highest BCUT2D eigenvalue weighted by atomic mass is 16.5. The molecule has 1 rings (SSSR count). The lowest BCUT2D eigenvalue weighted by atomic mass is 9.75. The fourth-order valence-electron chi connectivity index (χ4n) is 1.27. The highest BCUT2D eigenvalue weighted by molar-refractivity contribution is 5.73. The number of hydrogen-bond acceptors (Lipinski definition) is 2. The summed E-state index contributed by atoms with van der Waals surface area (Å²) in [5.41, 5.74) is 0. The molecule has 0 amide bonds. The standard InChI is InChI=1S/C8H14O2/c1-3-10-8(9)7-5-4-6(7)2/h6-7H,3-5H2,1-2H3. The molecule has 1 aliphatic rings. The van der Waals surface area contributed by atoms with Crippen molar-refractivity contribution in [3.05, 3.63) is 0 Å². The Kier molecular flexibility index (Phi) is 2.30. The number of carbonyl (C=O) groups is 1. The second kappa shape index (κ2) is 3.04. The van der Waals surface area contributed by atoms with Gasteiger partial charge in [-0.25, -0.2) is 0 Å². The van der Waals surface area contributed by atoms with Crippen molar-refractivity contribution in [1.29, 1.82) is 0 Å². The van der Waals surface area contributed by atoms with Crippen LogP contribution < -0.4 is 0 Å². The molecule has 0 aromatic carbocycles. The molecule has 0 aliphatic heterocycles. The minimum Gasteiger partial charge on any atom is -0.466 e. The van der Waals surface area contributed by atoms with Crippen molar-refractivity contribution < 1.29 is 9.53 Å².